The Morgan fingerprint density at radius 3 is 0.710 bits per heavy atom. The highest BCUT2D eigenvalue weighted by Gasteiger charge is 2.31. The van der Waals surface area contributed by atoms with Gasteiger partial charge in [-0.2, -0.15) is 0 Å². The lowest BCUT2D eigenvalue weighted by Crippen LogP contribution is -2.30. The van der Waals surface area contributed by atoms with Crippen molar-refractivity contribution in [2.24, 2.45) is 11.8 Å². The van der Waals surface area contributed by atoms with Crippen LogP contribution in [-0.2, 0) is 65.4 Å². The van der Waals surface area contributed by atoms with Gasteiger partial charge in [-0.05, 0) is 37.5 Å². The van der Waals surface area contributed by atoms with Crippen molar-refractivity contribution in [3.8, 4) is 0 Å². The Morgan fingerprint density at radius 2 is 0.477 bits per heavy atom. The molecule has 0 spiro atoms. The van der Waals surface area contributed by atoms with Gasteiger partial charge < -0.3 is 33.8 Å². The van der Waals surface area contributed by atoms with Crippen LogP contribution in [0.1, 0.15) is 472 Å². The number of carbonyl (C=O) groups is 4. The Hall–Kier alpha value is -1.94. The first-order valence-electron chi connectivity index (χ1n) is 45.5. The molecule has 3 N–H and O–H groups in total. The van der Waals surface area contributed by atoms with Gasteiger partial charge in [0.15, 0.2) is 12.2 Å². The molecule has 0 fully saturated rings. The summed E-state index contributed by atoms with van der Waals surface area (Å²) in [5.74, 6) is -0.546. The highest BCUT2D eigenvalue weighted by atomic mass is 31.2. The van der Waals surface area contributed by atoms with E-state index < -0.39 is 97.5 Å². The molecule has 0 amide bonds. The van der Waals surface area contributed by atoms with Crippen molar-refractivity contribution in [2.45, 2.75) is 490 Å². The van der Waals surface area contributed by atoms with Crippen LogP contribution < -0.4 is 0 Å². The molecule has 3 unspecified atom stereocenters. The van der Waals surface area contributed by atoms with E-state index in [1.165, 1.54) is 283 Å². The SMILES string of the molecule is CCCCCCCCCCCCCCCCCCCCCCCC(=O)O[C@H](COC(=O)CCCCCCCCCCCCCCCCC(C)CC)COP(=O)(O)OC[C@@H](O)COP(=O)(O)OC[C@@H](COC(=O)CCCCCCCCCC(C)C)OC(=O)CCCCCCCCCCCCCCCCCCCC. The zero-order chi connectivity index (χ0) is 78.5. The van der Waals surface area contributed by atoms with Gasteiger partial charge >= 0.3 is 39.5 Å². The molecular weight excluding hydrogens is 1390 g/mol. The molecule has 107 heavy (non-hydrogen) atoms. The molecule has 6 atom stereocenters. The standard InChI is InChI=1S/C88H172O17P2/c1-7-10-12-14-16-18-20-22-24-26-28-29-30-32-34-40-44-48-54-61-66-72-87(92)104-83(76-98-85(90)70-64-58-52-46-42-38-36-35-37-41-45-51-57-63-69-81(6)9-3)78-102-106(94,95)100-74-82(89)75-101-107(96,97)103-79-84(77-99-86(91)71-65-59-55-49-50-56-62-68-80(4)5)105-88(93)73-67-60-53-47-43-39-33-31-27-25-23-21-19-17-15-13-11-8-2/h80-84,89H,7-79H2,1-6H3,(H,94,95)(H,96,97)/t81?,82-,83-,84-/m1/s1. The van der Waals surface area contributed by atoms with E-state index in [1.54, 1.807) is 0 Å². The predicted molar refractivity (Wildman–Crippen MR) is 442 cm³/mol. The second kappa shape index (κ2) is 79.3. The molecule has 0 aliphatic carbocycles. The largest absolute Gasteiger partial charge is 0.472 e. The number of ether oxygens (including phenoxy) is 4. The minimum Gasteiger partial charge on any atom is -0.462 e. The number of hydrogen-bond donors (Lipinski definition) is 3. The zero-order valence-corrected chi connectivity index (χ0v) is 72.2. The van der Waals surface area contributed by atoms with Crippen LogP contribution >= 0.6 is 15.6 Å². The van der Waals surface area contributed by atoms with Crippen LogP contribution in [0.25, 0.3) is 0 Å². The van der Waals surface area contributed by atoms with E-state index in [2.05, 4.69) is 41.5 Å². The predicted octanol–water partition coefficient (Wildman–Crippen LogP) is 27.0. The highest BCUT2D eigenvalue weighted by Crippen LogP contribution is 2.45. The summed E-state index contributed by atoms with van der Waals surface area (Å²) in [5, 5.41) is 10.7. The summed E-state index contributed by atoms with van der Waals surface area (Å²) in [4.78, 5) is 73.3. The van der Waals surface area contributed by atoms with E-state index in [1.807, 2.05) is 0 Å². The smallest absolute Gasteiger partial charge is 0.462 e. The summed E-state index contributed by atoms with van der Waals surface area (Å²) < 4.78 is 69.0. The van der Waals surface area contributed by atoms with Gasteiger partial charge in [-0.25, -0.2) is 9.13 Å². The number of unbranched alkanes of at least 4 members (excludes halogenated alkanes) is 56. The summed E-state index contributed by atoms with van der Waals surface area (Å²) >= 11 is 0. The van der Waals surface area contributed by atoms with Crippen LogP contribution in [0.2, 0.25) is 0 Å². The molecule has 0 aliphatic heterocycles. The first-order valence-corrected chi connectivity index (χ1v) is 48.5. The van der Waals surface area contributed by atoms with Gasteiger partial charge in [0.2, 0.25) is 0 Å². The second-order valence-corrected chi connectivity index (χ2v) is 35.3. The average Bonchev–Trinajstić information content (AvgIpc) is 0.901. The highest BCUT2D eigenvalue weighted by molar-refractivity contribution is 7.47. The first-order chi connectivity index (χ1) is 51.9. The van der Waals surface area contributed by atoms with Crippen molar-refractivity contribution >= 4 is 39.5 Å². The lowest BCUT2D eigenvalue weighted by Gasteiger charge is -2.21. The number of aliphatic hydroxyl groups is 1. The lowest BCUT2D eigenvalue weighted by atomic mass is 9.99. The van der Waals surface area contributed by atoms with Gasteiger partial charge in [-0.3, -0.25) is 37.3 Å². The Morgan fingerprint density at radius 1 is 0.271 bits per heavy atom. The van der Waals surface area contributed by atoms with Crippen molar-refractivity contribution in [2.75, 3.05) is 39.6 Å². The average molecular weight is 1560 g/mol. The fourth-order valence-corrected chi connectivity index (χ4v) is 15.3. The van der Waals surface area contributed by atoms with E-state index in [0.717, 1.165) is 102 Å². The third-order valence-electron chi connectivity index (χ3n) is 21.1. The van der Waals surface area contributed by atoms with E-state index in [-0.39, 0.29) is 25.7 Å². The van der Waals surface area contributed by atoms with Gasteiger partial charge in [0.1, 0.15) is 19.3 Å². The van der Waals surface area contributed by atoms with E-state index in [4.69, 9.17) is 37.0 Å². The Bertz CT molecular complexity index is 2050. The Balaban J connectivity index is 5.22. The third-order valence-corrected chi connectivity index (χ3v) is 23.0. The quantitative estimate of drug-likeness (QED) is 0.0222. The molecule has 0 aromatic carbocycles. The van der Waals surface area contributed by atoms with Gasteiger partial charge in [0, 0.05) is 25.7 Å². The van der Waals surface area contributed by atoms with Crippen molar-refractivity contribution < 1.29 is 80.2 Å². The molecule has 0 aromatic rings. The zero-order valence-electron chi connectivity index (χ0n) is 70.5. The van der Waals surface area contributed by atoms with Crippen molar-refractivity contribution in [1.29, 1.82) is 0 Å². The van der Waals surface area contributed by atoms with Gasteiger partial charge in [-0.15, -0.1) is 0 Å². The van der Waals surface area contributed by atoms with E-state index in [0.29, 0.717) is 31.6 Å². The van der Waals surface area contributed by atoms with Gasteiger partial charge in [0.05, 0.1) is 26.4 Å². The molecule has 0 bridgehead atoms. The molecule has 17 nitrogen and oxygen atoms in total. The number of hydrogen-bond acceptors (Lipinski definition) is 15. The lowest BCUT2D eigenvalue weighted by molar-refractivity contribution is -0.161. The maximum absolute atomic E-state index is 13.2. The van der Waals surface area contributed by atoms with Crippen LogP contribution in [-0.4, -0.2) is 96.7 Å². The normalized spacial score (nSPS) is 14.0. The summed E-state index contributed by atoms with van der Waals surface area (Å²) in [5.41, 5.74) is 0. The molecule has 0 aliphatic rings. The Kier molecular flexibility index (Phi) is 77.9. The number of esters is 4. The number of phosphoric ester groups is 2. The number of rotatable bonds is 87. The van der Waals surface area contributed by atoms with Crippen LogP contribution in [0.5, 0.6) is 0 Å². The minimum absolute atomic E-state index is 0.108. The minimum atomic E-state index is -4.97. The maximum Gasteiger partial charge on any atom is 0.472 e. The maximum atomic E-state index is 13.2. The molecule has 0 aromatic heterocycles. The summed E-state index contributed by atoms with van der Waals surface area (Å²) in [7, 11) is -9.93. The number of phosphoric acid groups is 2. The fraction of sp³-hybridized carbons (Fsp3) is 0.955. The summed E-state index contributed by atoms with van der Waals surface area (Å²) in [6, 6.07) is 0. The van der Waals surface area contributed by atoms with Crippen LogP contribution in [0, 0.1) is 11.8 Å². The fourth-order valence-electron chi connectivity index (χ4n) is 13.7. The molecular formula is C88H172O17P2. The molecule has 0 rings (SSSR count). The molecule has 0 saturated carbocycles. The van der Waals surface area contributed by atoms with Crippen molar-refractivity contribution in [3.05, 3.63) is 0 Å². The Labute approximate surface area is 658 Å². The number of aliphatic hydroxyl groups excluding tert-OH is 1. The molecule has 0 saturated heterocycles. The molecule has 0 radical (unpaired) electrons. The van der Waals surface area contributed by atoms with Crippen LogP contribution in [0.3, 0.4) is 0 Å². The monoisotopic (exact) mass is 1560 g/mol. The molecule has 636 valence electrons. The molecule has 19 heteroatoms. The van der Waals surface area contributed by atoms with Gasteiger partial charge in [-0.1, -0.05) is 420 Å². The van der Waals surface area contributed by atoms with Crippen LogP contribution in [0.4, 0.5) is 0 Å². The first kappa shape index (κ1) is 105. The third kappa shape index (κ3) is 80.5. The van der Waals surface area contributed by atoms with Crippen molar-refractivity contribution in [1.82, 2.24) is 0 Å². The van der Waals surface area contributed by atoms with E-state index >= 15 is 0 Å². The second-order valence-electron chi connectivity index (χ2n) is 32.4. The number of carbonyl (C=O) groups excluding carboxylic acids is 4. The van der Waals surface area contributed by atoms with E-state index in [9.17, 15) is 43.2 Å². The topological polar surface area (TPSA) is 237 Å². The summed E-state index contributed by atoms with van der Waals surface area (Å²) in [6.45, 7) is 9.68. The summed E-state index contributed by atoms with van der Waals surface area (Å²) in [6.07, 6.45) is 72.3. The van der Waals surface area contributed by atoms with Crippen molar-refractivity contribution in [3.63, 3.8) is 0 Å². The van der Waals surface area contributed by atoms with Gasteiger partial charge in [0.25, 0.3) is 0 Å². The van der Waals surface area contributed by atoms with Crippen LogP contribution in [0.15, 0.2) is 0 Å². The molecule has 0 heterocycles.